The molecule has 8 heteroatoms. The molecule has 0 radical (unpaired) electrons. The molecular formula is C17H22N2O5S. The number of phenols is 1. The van der Waals surface area contributed by atoms with Gasteiger partial charge in [-0.1, -0.05) is 18.2 Å². The molecule has 136 valence electrons. The quantitative estimate of drug-likeness (QED) is 0.461. The summed E-state index contributed by atoms with van der Waals surface area (Å²) >= 11 is 0. The maximum atomic E-state index is 12.0. The van der Waals surface area contributed by atoms with Gasteiger partial charge in [-0.05, 0) is 36.4 Å². The number of rotatable bonds is 10. The molecule has 0 aliphatic rings. The maximum absolute atomic E-state index is 12.0. The largest absolute Gasteiger partial charge is 0.508 e. The minimum atomic E-state index is -3.51. The molecule has 2 rings (SSSR count). The number of sulfonamides is 1. The van der Waals surface area contributed by atoms with Crippen molar-refractivity contribution in [1.29, 1.82) is 0 Å². The SMILES string of the molecule is O=S(=O)(NCCNCC(O)COc1ccc(O)cc1)c1ccccc1. The summed E-state index contributed by atoms with van der Waals surface area (Å²) in [4.78, 5) is 0.220. The number of nitrogens with one attached hydrogen (secondary N) is 2. The first-order chi connectivity index (χ1) is 12.0. The van der Waals surface area contributed by atoms with Crippen molar-refractivity contribution in [1.82, 2.24) is 10.0 Å². The standard InChI is InChI=1S/C17H22N2O5S/c20-14-6-8-16(9-7-14)24-13-15(21)12-18-10-11-19-25(22,23)17-4-2-1-3-5-17/h1-9,15,18-21H,10-13H2. The molecule has 0 saturated heterocycles. The predicted octanol–water partition coefficient (Wildman–Crippen LogP) is 0.700. The highest BCUT2D eigenvalue weighted by molar-refractivity contribution is 7.89. The number of ether oxygens (including phenoxy) is 1. The second-order valence-electron chi connectivity index (χ2n) is 5.37. The van der Waals surface area contributed by atoms with Crippen molar-refractivity contribution >= 4 is 10.0 Å². The highest BCUT2D eigenvalue weighted by atomic mass is 32.2. The van der Waals surface area contributed by atoms with Crippen LogP contribution >= 0.6 is 0 Å². The Balaban J connectivity index is 1.61. The summed E-state index contributed by atoms with van der Waals surface area (Å²) in [7, 11) is -3.51. The molecule has 0 aromatic heterocycles. The van der Waals surface area contributed by atoms with Gasteiger partial charge < -0.3 is 20.3 Å². The van der Waals surface area contributed by atoms with E-state index in [9.17, 15) is 13.5 Å². The van der Waals surface area contributed by atoms with Crippen LogP contribution in [0.3, 0.4) is 0 Å². The molecule has 0 fully saturated rings. The van der Waals surface area contributed by atoms with Crippen molar-refractivity contribution in [3.05, 3.63) is 54.6 Å². The van der Waals surface area contributed by atoms with E-state index >= 15 is 0 Å². The summed E-state index contributed by atoms with van der Waals surface area (Å²) in [5.74, 6) is 0.694. The zero-order chi connectivity index (χ0) is 18.1. The van der Waals surface area contributed by atoms with Gasteiger partial charge in [0, 0.05) is 19.6 Å². The minimum absolute atomic E-state index is 0.0908. The number of aromatic hydroxyl groups is 1. The smallest absolute Gasteiger partial charge is 0.240 e. The first-order valence-electron chi connectivity index (χ1n) is 7.83. The van der Waals surface area contributed by atoms with Gasteiger partial charge in [0.05, 0.1) is 4.90 Å². The highest BCUT2D eigenvalue weighted by Gasteiger charge is 2.12. The van der Waals surface area contributed by atoms with Crippen molar-refractivity contribution in [2.24, 2.45) is 0 Å². The molecule has 7 nitrogen and oxygen atoms in total. The van der Waals surface area contributed by atoms with E-state index in [1.54, 1.807) is 30.3 Å². The summed E-state index contributed by atoms with van der Waals surface area (Å²) in [6.45, 7) is 0.948. The number of hydrogen-bond donors (Lipinski definition) is 4. The van der Waals surface area contributed by atoms with Crippen LogP contribution in [0.4, 0.5) is 0 Å². The molecule has 1 atom stereocenters. The molecule has 0 bridgehead atoms. The average molecular weight is 366 g/mol. The van der Waals surface area contributed by atoms with Gasteiger partial charge in [-0.3, -0.25) is 0 Å². The molecule has 0 aliphatic heterocycles. The van der Waals surface area contributed by atoms with Crippen LogP contribution in [0.1, 0.15) is 0 Å². The van der Waals surface area contributed by atoms with Crippen molar-refractivity contribution in [2.75, 3.05) is 26.2 Å². The van der Waals surface area contributed by atoms with Crippen LogP contribution in [0.15, 0.2) is 59.5 Å². The van der Waals surface area contributed by atoms with E-state index < -0.39 is 16.1 Å². The van der Waals surface area contributed by atoms with E-state index in [0.717, 1.165) is 0 Å². The van der Waals surface area contributed by atoms with Gasteiger partial charge in [0.1, 0.15) is 24.2 Å². The molecule has 0 spiro atoms. The van der Waals surface area contributed by atoms with E-state index in [-0.39, 0.29) is 30.3 Å². The Morgan fingerprint density at radius 2 is 1.68 bits per heavy atom. The second-order valence-corrected chi connectivity index (χ2v) is 7.14. The Morgan fingerprint density at radius 3 is 2.36 bits per heavy atom. The summed E-state index contributed by atoms with van der Waals surface area (Å²) in [5.41, 5.74) is 0. The van der Waals surface area contributed by atoms with Crippen molar-refractivity contribution in [2.45, 2.75) is 11.0 Å². The third kappa shape index (κ3) is 6.71. The van der Waals surface area contributed by atoms with E-state index in [2.05, 4.69) is 10.0 Å². The van der Waals surface area contributed by atoms with E-state index in [1.165, 1.54) is 24.3 Å². The number of aliphatic hydroxyl groups is 1. The topological polar surface area (TPSA) is 108 Å². The summed E-state index contributed by atoms with van der Waals surface area (Å²) in [6.07, 6.45) is -0.737. The summed E-state index contributed by atoms with van der Waals surface area (Å²) < 4.78 is 31.8. The van der Waals surface area contributed by atoms with Crippen LogP contribution in [-0.2, 0) is 10.0 Å². The molecule has 4 N–H and O–H groups in total. The fourth-order valence-electron chi connectivity index (χ4n) is 2.02. The lowest BCUT2D eigenvalue weighted by molar-refractivity contribution is 0.107. The lowest BCUT2D eigenvalue weighted by Crippen LogP contribution is -2.37. The third-order valence-electron chi connectivity index (χ3n) is 3.31. The molecule has 2 aromatic carbocycles. The maximum Gasteiger partial charge on any atom is 0.240 e. The molecule has 2 aromatic rings. The fraction of sp³-hybridized carbons (Fsp3) is 0.294. The van der Waals surface area contributed by atoms with Gasteiger partial charge in [-0.2, -0.15) is 0 Å². The van der Waals surface area contributed by atoms with Gasteiger partial charge in [0.25, 0.3) is 0 Å². The number of benzene rings is 2. The van der Waals surface area contributed by atoms with Crippen molar-refractivity contribution in [3.8, 4) is 11.5 Å². The Kier molecular flexibility index (Phi) is 7.20. The molecule has 25 heavy (non-hydrogen) atoms. The van der Waals surface area contributed by atoms with Gasteiger partial charge >= 0.3 is 0 Å². The molecular weight excluding hydrogens is 344 g/mol. The molecule has 1 unspecified atom stereocenters. The zero-order valence-corrected chi connectivity index (χ0v) is 14.4. The second kappa shape index (κ2) is 9.38. The van der Waals surface area contributed by atoms with Gasteiger partial charge in [0.2, 0.25) is 10.0 Å². The Hall–Kier alpha value is -2.13. The van der Waals surface area contributed by atoms with Crippen LogP contribution in [0, 0.1) is 0 Å². The number of phenolic OH excluding ortho intramolecular Hbond substituents is 1. The predicted molar refractivity (Wildman–Crippen MR) is 94.1 cm³/mol. The average Bonchev–Trinajstić information content (AvgIpc) is 2.61. The molecule has 0 aliphatic carbocycles. The molecule has 0 saturated carbocycles. The Morgan fingerprint density at radius 1 is 1.00 bits per heavy atom. The fourth-order valence-corrected chi connectivity index (χ4v) is 3.07. The monoisotopic (exact) mass is 366 g/mol. The first-order valence-corrected chi connectivity index (χ1v) is 9.31. The van der Waals surface area contributed by atoms with Crippen LogP contribution in [0.5, 0.6) is 11.5 Å². The molecule has 0 amide bonds. The number of aliphatic hydroxyl groups excluding tert-OH is 1. The summed E-state index contributed by atoms with van der Waals surface area (Å²) in [5, 5.41) is 22.0. The van der Waals surface area contributed by atoms with E-state index in [0.29, 0.717) is 12.3 Å². The van der Waals surface area contributed by atoms with Crippen LogP contribution in [-0.4, -0.2) is 51.0 Å². The zero-order valence-electron chi connectivity index (χ0n) is 13.6. The van der Waals surface area contributed by atoms with E-state index in [4.69, 9.17) is 9.84 Å². The third-order valence-corrected chi connectivity index (χ3v) is 4.78. The van der Waals surface area contributed by atoms with Gasteiger partial charge in [0.15, 0.2) is 0 Å². The van der Waals surface area contributed by atoms with Crippen molar-refractivity contribution in [3.63, 3.8) is 0 Å². The lowest BCUT2D eigenvalue weighted by Gasteiger charge is -2.13. The Labute approximate surface area is 147 Å². The summed E-state index contributed by atoms with van der Waals surface area (Å²) in [6, 6.07) is 14.3. The normalized spacial score (nSPS) is 12.7. The number of hydrogen-bond acceptors (Lipinski definition) is 6. The first kappa shape index (κ1) is 19.2. The van der Waals surface area contributed by atoms with E-state index in [1.807, 2.05) is 0 Å². The highest BCUT2D eigenvalue weighted by Crippen LogP contribution is 2.15. The van der Waals surface area contributed by atoms with Crippen LogP contribution in [0.25, 0.3) is 0 Å². The van der Waals surface area contributed by atoms with Gasteiger partial charge in [-0.25, -0.2) is 13.1 Å². The Bertz CT molecular complexity index is 735. The van der Waals surface area contributed by atoms with Crippen LogP contribution in [0.2, 0.25) is 0 Å². The van der Waals surface area contributed by atoms with Crippen molar-refractivity contribution < 1.29 is 23.4 Å². The lowest BCUT2D eigenvalue weighted by atomic mass is 10.3. The molecule has 0 heterocycles. The van der Waals surface area contributed by atoms with Gasteiger partial charge in [-0.15, -0.1) is 0 Å². The minimum Gasteiger partial charge on any atom is -0.508 e. The van der Waals surface area contributed by atoms with Crippen LogP contribution < -0.4 is 14.8 Å².